The van der Waals surface area contributed by atoms with Crippen LogP contribution in [-0.2, 0) is 31.9 Å². The third-order valence-corrected chi connectivity index (χ3v) is 21.0. The van der Waals surface area contributed by atoms with Gasteiger partial charge in [-0.15, -0.1) is 0 Å². The van der Waals surface area contributed by atoms with Gasteiger partial charge in [-0.05, 0) is 60.1 Å². The first-order valence-corrected chi connectivity index (χ1v) is 24.0. The minimum absolute atomic E-state index is 0.0160. The van der Waals surface area contributed by atoms with E-state index in [1.165, 1.54) is 19.2 Å². The van der Waals surface area contributed by atoms with Crippen molar-refractivity contribution in [3.05, 3.63) is 53.1 Å². The average Bonchev–Trinajstić information content (AvgIpc) is 3.36. The second kappa shape index (κ2) is 18.4. The van der Waals surface area contributed by atoms with E-state index in [1.54, 1.807) is 37.3 Å². The second-order valence-electron chi connectivity index (χ2n) is 15.8. The van der Waals surface area contributed by atoms with Crippen LogP contribution in [0, 0.1) is 22.7 Å². The van der Waals surface area contributed by atoms with Crippen LogP contribution in [0.3, 0.4) is 0 Å². The van der Waals surface area contributed by atoms with Gasteiger partial charge in [0.25, 0.3) is 0 Å². The summed E-state index contributed by atoms with van der Waals surface area (Å²) in [6.45, 7) is 22.1. The first kappa shape index (κ1) is 45.5. The smallest absolute Gasteiger partial charge is 0.459 e. The van der Waals surface area contributed by atoms with E-state index in [0.717, 1.165) is 4.57 Å². The van der Waals surface area contributed by atoms with Gasteiger partial charge in [0.1, 0.15) is 29.1 Å². The van der Waals surface area contributed by atoms with E-state index in [-0.39, 0.29) is 46.3 Å². The summed E-state index contributed by atoms with van der Waals surface area (Å²) < 4.78 is 53.8. The number of aromatic nitrogens is 2. The van der Waals surface area contributed by atoms with Gasteiger partial charge in [-0.25, -0.2) is 9.36 Å². The molecule has 3 rings (SSSR count). The maximum absolute atomic E-state index is 14.6. The zero-order valence-corrected chi connectivity index (χ0v) is 36.5. The molecule has 0 saturated carbocycles. The largest absolute Gasteiger partial charge is 0.464 e. The molecule has 1 aliphatic heterocycles. The van der Waals surface area contributed by atoms with Crippen LogP contribution < -0.4 is 21.0 Å². The molecule has 0 amide bonds. The third kappa shape index (κ3) is 10.3. The Kier molecular flexibility index (Phi) is 15.5. The Balaban J connectivity index is 2.17. The van der Waals surface area contributed by atoms with E-state index in [4.69, 9.17) is 32.8 Å². The fourth-order valence-corrected chi connectivity index (χ4v) is 17.9. The molecule has 1 aromatic carbocycles. The Labute approximate surface area is 321 Å². The topological polar surface area (TPSA) is 206 Å². The lowest BCUT2D eigenvalue weighted by atomic mass is 9.84. The van der Waals surface area contributed by atoms with Gasteiger partial charge in [-0.3, -0.25) is 13.9 Å². The number of ether oxygens (including phenoxy) is 2. The lowest BCUT2D eigenvalue weighted by molar-refractivity contribution is -0.146. The fraction of sp³-hybridized carbons (Fsp3) is 0.667. The summed E-state index contributed by atoms with van der Waals surface area (Å²) in [4.78, 5) is 42.1. The van der Waals surface area contributed by atoms with Gasteiger partial charge in [0.2, 0.25) is 0 Å². The fourth-order valence-electron chi connectivity index (χ4n) is 6.41. The van der Waals surface area contributed by atoms with Crippen LogP contribution in [0.15, 0.2) is 47.4 Å². The SMILES string of the molecule is CC(C)COC(=O)[C@H](C)NP(=O)(OC[C@H]1O[C@@H](n2ccc(N)nc2=O)[C@](C)(C#N)[C@@H]1O[Si](O[Si](O)(C(C)C)C(C)C)(C(C)C)C(C)C)Oc1ccccc1. The number of nitrogens with two attached hydrogens (primary N) is 1. The number of hydrogen-bond donors (Lipinski definition) is 3. The van der Waals surface area contributed by atoms with Gasteiger partial charge in [-0.2, -0.15) is 15.3 Å². The van der Waals surface area contributed by atoms with Gasteiger partial charge < -0.3 is 33.1 Å². The number of nitrogens with one attached hydrogen (secondary N) is 1. The molecular formula is C36H60N5O10PSi2. The molecule has 1 aliphatic rings. The number of anilines is 1. The van der Waals surface area contributed by atoms with E-state index >= 15 is 0 Å². The van der Waals surface area contributed by atoms with Crippen molar-refractivity contribution in [2.75, 3.05) is 18.9 Å². The second-order valence-corrected chi connectivity index (χ2v) is 26.1. The average molecular weight is 810 g/mol. The predicted molar refractivity (Wildman–Crippen MR) is 210 cm³/mol. The molecule has 302 valence electrons. The van der Waals surface area contributed by atoms with Crippen LogP contribution in [0.5, 0.6) is 5.75 Å². The Bertz CT molecular complexity index is 1690. The first-order chi connectivity index (χ1) is 25.0. The Morgan fingerprint density at radius 2 is 1.65 bits per heavy atom. The molecule has 54 heavy (non-hydrogen) atoms. The molecule has 1 fully saturated rings. The summed E-state index contributed by atoms with van der Waals surface area (Å²) in [6.07, 6.45) is -2.21. The van der Waals surface area contributed by atoms with E-state index < -0.39 is 73.0 Å². The highest BCUT2D eigenvalue weighted by Crippen LogP contribution is 2.53. The van der Waals surface area contributed by atoms with Gasteiger partial charge in [0.15, 0.2) is 6.23 Å². The standard InChI is InChI=1S/C36H60N5O10PSi2/c1-23(2)20-46-33(42)28(11)40-52(44,49-29-16-14-13-15-17-29)47-21-30-32(36(12,22-37)34(48-30)41-19-18-31(38)39-35(41)43)50-54(26(7)8,27(9)10)51-53(45,24(3)4)25(5)6/h13-19,23-28,30,32,34,45H,20-21H2,1-12H3,(H,40,44)(H2,38,39,43)/t28-,30+,32+,34+,36+,52?/m0/s1. The Morgan fingerprint density at radius 3 is 2.15 bits per heavy atom. The van der Waals surface area contributed by atoms with E-state index in [2.05, 4.69) is 16.1 Å². The highest BCUT2D eigenvalue weighted by molar-refractivity contribution is 7.52. The first-order valence-electron chi connectivity index (χ1n) is 18.5. The van der Waals surface area contributed by atoms with Crippen molar-refractivity contribution in [1.82, 2.24) is 14.6 Å². The molecule has 2 aromatic rings. The lowest BCUT2D eigenvalue weighted by Crippen LogP contribution is -2.62. The van der Waals surface area contributed by atoms with E-state index in [9.17, 15) is 24.2 Å². The van der Waals surface area contributed by atoms with Gasteiger partial charge in [-0.1, -0.05) is 87.4 Å². The molecule has 0 spiro atoms. The van der Waals surface area contributed by atoms with Crippen molar-refractivity contribution in [3.8, 4) is 11.8 Å². The Hall–Kier alpha value is -2.92. The van der Waals surface area contributed by atoms with E-state index in [0.29, 0.717) is 0 Å². The molecule has 2 heterocycles. The number of carbonyl (C=O) groups excluding carboxylic acids is 1. The quantitative estimate of drug-likeness (QED) is 0.0782. The molecule has 1 unspecified atom stereocenters. The summed E-state index contributed by atoms with van der Waals surface area (Å²) in [6, 6.07) is 10.9. The van der Waals surface area contributed by atoms with Gasteiger partial charge in [0.05, 0.1) is 25.4 Å². The van der Waals surface area contributed by atoms with E-state index in [1.807, 2.05) is 69.2 Å². The Morgan fingerprint density at radius 1 is 1.06 bits per heavy atom. The molecular weight excluding hydrogens is 750 g/mol. The summed E-state index contributed by atoms with van der Waals surface area (Å²) in [7, 11) is -11.4. The minimum atomic E-state index is -4.40. The van der Waals surface area contributed by atoms with Crippen molar-refractivity contribution in [3.63, 3.8) is 0 Å². The maximum atomic E-state index is 14.6. The van der Waals surface area contributed by atoms with Crippen molar-refractivity contribution in [2.45, 2.75) is 130 Å². The highest BCUT2D eigenvalue weighted by Gasteiger charge is 2.63. The molecule has 15 nitrogen and oxygen atoms in total. The molecule has 18 heteroatoms. The molecule has 0 radical (unpaired) electrons. The molecule has 0 aliphatic carbocycles. The molecule has 1 saturated heterocycles. The zero-order valence-electron chi connectivity index (χ0n) is 33.6. The number of nitrogen functional groups attached to an aromatic ring is 1. The summed E-state index contributed by atoms with van der Waals surface area (Å²) >= 11 is 0. The lowest BCUT2D eigenvalue weighted by Gasteiger charge is -2.48. The van der Waals surface area contributed by atoms with Crippen molar-refractivity contribution < 1.29 is 41.2 Å². The minimum Gasteiger partial charge on any atom is -0.464 e. The number of nitrogens with zero attached hydrogens (tertiary/aromatic N) is 3. The van der Waals surface area contributed by atoms with Crippen molar-refractivity contribution >= 4 is 36.7 Å². The molecule has 1 aromatic heterocycles. The summed E-state index contributed by atoms with van der Waals surface area (Å²) in [5, 5.41) is 13.6. The van der Waals surface area contributed by atoms with Gasteiger partial charge >= 0.3 is 36.5 Å². The third-order valence-electron chi connectivity index (χ3n) is 9.63. The number of esters is 1. The maximum Gasteiger partial charge on any atom is 0.459 e. The molecule has 0 bridgehead atoms. The monoisotopic (exact) mass is 809 g/mol. The predicted octanol–water partition coefficient (Wildman–Crippen LogP) is 6.55. The zero-order chi connectivity index (χ0) is 40.8. The van der Waals surface area contributed by atoms with Crippen LogP contribution in [0.1, 0.15) is 89.3 Å². The van der Waals surface area contributed by atoms with Crippen molar-refractivity contribution in [2.24, 2.45) is 11.3 Å². The molecule has 4 N–H and O–H groups in total. The summed E-state index contributed by atoms with van der Waals surface area (Å²) in [5.74, 6) is -0.411. The summed E-state index contributed by atoms with van der Waals surface area (Å²) in [5.41, 5.74) is 2.60. The van der Waals surface area contributed by atoms with Crippen LogP contribution in [0.4, 0.5) is 5.82 Å². The number of para-hydroxylation sites is 1. The number of rotatable bonds is 19. The van der Waals surface area contributed by atoms with Crippen LogP contribution in [-0.4, -0.2) is 68.9 Å². The molecule has 6 atom stereocenters. The van der Waals surface area contributed by atoms with Crippen LogP contribution in [0.2, 0.25) is 22.2 Å². The van der Waals surface area contributed by atoms with Crippen molar-refractivity contribution in [1.29, 1.82) is 5.26 Å². The normalized spacial score (nSPS) is 22.5. The van der Waals surface area contributed by atoms with Crippen LogP contribution >= 0.6 is 7.75 Å². The number of hydrogen-bond acceptors (Lipinski definition) is 13. The van der Waals surface area contributed by atoms with Crippen LogP contribution in [0.25, 0.3) is 0 Å². The number of nitriles is 1. The number of carbonyl (C=O) groups is 1. The number of benzene rings is 1. The highest BCUT2D eigenvalue weighted by atomic mass is 31.2. The van der Waals surface area contributed by atoms with Gasteiger partial charge in [0, 0.05) is 6.20 Å².